The van der Waals surface area contributed by atoms with Crippen LogP contribution in [-0.4, -0.2) is 80.6 Å². The van der Waals surface area contributed by atoms with Crippen molar-refractivity contribution < 1.29 is 18.0 Å². The molecule has 10 nitrogen and oxygen atoms in total. The molecule has 2 fully saturated rings. The predicted molar refractivity (Wildman–Crippen MR) is 135 cm³/mol. The van der Waals surface area contributed by atoms with E-state index < -0.39 is 22.1 Å². The number of carbonyl (C=O) groups excluding carboxylic acids is 2. The van der Waals surface area contributed by atoms with Crippen molar-refractivity contribution in [2.75, 3.05) is 26.2 Å². The van der Waals surface area contributed by atoms with Gasteiger partial charge in [0.05, 0.1) is 17.5 Å². The van der Waals surface area contributed by atoms with Gasteiger partial charge in [0, 0.05) is 25.7 Å². The number of hydrogen-bond donors (Lipinski definition) is 3. The van der Waals surface area contributed by atoms with E-state index in [1.165, 1.54) is 12.1 Å². The van der Waals surface area contributed by atoms with E-state index in [1.54, 1.807) is 29.4 Å². The van der Waals surface area contributed by atoms with Crippen LogP contribution in [0.5, 0.6) is 0 Å². The maximum atomic E-state index is 13.5. The summed E-state index contributed by atoms with van der Waals surface area (Å²) in [6.07, 6.45) is 5.05. The summed E-state index contributed by atoms with van der Waals surface area (Å²) < 4.78 is 28.5. The quantitative estimate of drug-likeness (QED) is 0.175. The third kappa shape index (κ3) is 7.49. The summed E-state index contributed by atoms with van der Waals surface area (Å²) in [4.78, 5) is 30.3. The van der Waals surface area contributed by atoms with Crippen molar-refractivity contribution in [3.05, 3.63) is 30.3 Å². The number of piperidine rings is 1. The molecule has 4 N–H and O–H groups in total. The highest BCUT2D eigenvalue weighted by molar-refractivity contribution is 7.89. The SMILES string of the molecule is CC(C)C[C@@H](NS(=O)(=O)c1ccccc1)C(=O)N1CCC[C@H]1C(=O)CNC1CCN(C=NN)CC1. The fraction of sp³-hybridized carbons (Fsp3) is 0.625. The number of rotatable bonds is 11. The van der Waals surface area contributed by atoms with Crippen LogP contribution >= 0.6 is 0 Å². The zero-order valence-electron chi connectivity index (χ0n) is 20.6. The van der Waals surface area contributed by atoms with Gasteiger partial charge in [-0.2, -0.15) is 9.82 Å². The molecule has 0 radical (unpaired) electrons. The van der Waals surface area contributed by atoms with Crippen molar-refractivity contribution in [2.45, 2.75) is 69.0 Å². The van der Waals surface area contributed by atoms with E-state index in [9.17, 15) is 18.0 Å². The average molecular weight is 507 g/mol. The van der Waals surface area contributed by atoms with Crippen LogP contribution in [0.4, 0.5) is 0 Å². The Hall–Kier alpha value is -2.50. The Morgan fingerprint density at radius 2 is 1.83 bits per heavy atom. The van der Waals surface area contributed by atoms with Crippen molar-refractivity contribution in [3.63, 3.8) is 0 Å². The summed E-state index contributed by atoms with van der Waals surface area (Å²) in [6.45, 7) is 6.16. The Balaban J connectivity index is 1.62. The third-order valence-electron chi connectivity index (χ3n) is 6.59. The Bertz CT molecular complexity index is 977. The lowest BCUT2D eigenvalue weighted by Crippen LogP contribution is -2.53. The number of nitrogens with zero attached hydrogens (tertiary/aromatic N) is 3. The molecular weight excluding hydrogens is 468 g/mol. The summed E-state index contributed by atoms with van der Waals surface area (Å²) in [5.74, 6) is 4.94. The zero-order chi connectivity index (χ0) is 25.4. The van der Waals surface area contributed by atoms with Gasteiger partial charge in [0.25, 0.3) is 0 Å². The first-order valence-corrected chi connectivity index (χ1v) is 13.8. The molecule has 194 valence electrons. The molecule has 2 aliphatic heterocycles. The van der Waals surface area contributed by atoms with E-state index in [2.05, 4.69) is 15.1 Å². The van der Waals surface area contributed by atoms with E-state index in [-0.39, 0.29) is 35.1 Å². The second-order valence-electron chi connectivity index (χ2n) is 9.73. The van der Waals surface area contributed by atoms with Crippen molar-refractivity contribution >= 4 is 28.1 Å². The lowest BCUT2D eigenvalue weighted by molar-refractivity contribution is -0.139. The number of hydrogen-bond acceptors (Lipinski definition) is 7. The maximum Gasteiger partial charge on any atom is 0.241 e. The molecule has 0 unspecified atom stereocenters. The molecule has 1 aromatic carbocycles. The number of Topliss-reactive ketones (excluding diaryl/α,β-unsaturated/α-hetero) is 1. The second-order valence-corrected chi connectivity index (χ2v) is 11.4. The maximum absolute atomic E-state index is 13.5. The number of amides is 1. The highest BCUT2D eigenvalue weighted by Crippen LogP contribution is 2.22. The smallest absolute Gasteiger partial charge is 0.241 e. The van der Waals surface area contributed by atoms with Crippen molar-refractivity contribution in [1.82, 2.24) is 19.8 Å². The topological polar surface area (TPSA) is 137 Å². The summed E-state index contributed by atoms with van der Waals surface area (Å²) in [7, 11) is -3.87. The van der Waals surface area contributed by atoms with E-state index in [1.807, 2.05) is 18.7 Å². The molecule has 2 saturated heterocycles. The van der Waals surface area contributed by atoms with Crippen molar-refractivity contribution in [3.8, 4) is 0 Å². The fourth-order valence-corrected chi connectivity index (χ4v) is 5.99. The van der Waals surface area contributed by atoms with Gasteiger partial charge in [0.15, 0.2) is 5.78 Å². The van der Waals surface area contributed by atoms with Gasteiger partial charge in [-0.1, -0.05) is 32.0 Å². The second kappa shape index (κ2) is 12.5. The van der Waals surface area contributed by atoms with Crippen LogP contribution in [0, 0.1) is 5.92 Å². The molecular formula is C24H38N6O4S. The third-order valence-corrected chi connectivity index (χ3v) is 8.08. The Labute approximate surface area is 208 Å². The summed E-state index contributed by atoms with van der Waals surface area (Å²) in [5, 5.41) is 6.89. The average Bonchev–Trinajstić information content (AvgIpc) is 3.33. The van der Waals surface area contributed by atoms with Gasteiger partial charge < -0.3 is 21.0 Å². The summed E-state index contributed by atoms with van der Waals surface area (Å²) >= 11 is 0. The molecule has 11 heteroatoms. The van der Waals surface area contributed by atoms with Gasteiger partial charge in [0.2, 0.25) is 15.9 Å². The van der Waals surface area contributed by atoms with Crippen LogP contribution in [0.1, 0.15) is 46.0 Å². The highest BCUT2D eigenvalue weighted by atomic mass is 32.2. The minimum absolute atomic E-state index is 0.0315. The predicted octanol–water partition coefficient (Wildman–Crippen LogP) is 0.896. The van der Waals surface area contributed by atoms with Crippen LogP contribution in [0.3, 0.4) is 0 Å². The van der Waals surface area contributed by atoms with E-state index >= 15 is 0 Å². The first-order valence-electron chi connectivity index (χ1n) is 12.3. The molecule has 35 heavy (non-hydrogen) atoms. The molecule has 3 rings (SSSR count). The van der Waals surface area contributed by atoms with Crippen LogP contribution < -0.4 is 15.9 Å². The molecule has 0 aromatic heterocycles. The molecule has 0 spiro atoms. The number of nitrogens with two attached hydrogens (primary N) is 1. The van der Waals surface area contributed by atoms with Gasteiger partial charge in [0.1, 0.15) is 12.4 Å². The number of sulfonamides is 1. The van der Waals surface area contributed by atoms with E-state index in [4.69, 9.17) is 5.84 Å². The number of benzene rings is 1. The summed E-state index contributed by atoms with van der Waals surface area (Å²) in [6, 6.07) is 6.80. The normalized spacial score (nSPS) is 20.6. The van der Waals surface area contributed by atoms with E-state index in [0.29, 0.717) is 19.4 Å². The molecule has 2 aliphatic rings. The number of hydrazone groups is 1. The molecule has 2 heterocycles. The summed E-state index contributed by atoms with van der Waals surface area (Å²) in [5.41, 5.74) is 0. The van der Waals surface area contributed by atoms with Gasteiger partial charge >= 0.3 is 0 Å². The van der Waals surface area contributed by atoms with Gasteiger partial charge in [-0.15, -0.1) is 0 Å². The molecule has 1 amide bonds. The van der Waals surface area contributed by atoms with Crippen LogP contribution in [0.15, 0.2) is 40.3 Å². The number of carbonyl (C=O) groups is 2. The van der Waals surface area contributed by atoms with Crippen LogP contribution in [0.2, 0.25) is 0 Å². The number of ketones is 1. The minimum atomic E-state index is -3.87. The number of nitrogens with one attached hydrogen (secondary N) is 2. The number of likely N-dealkylation sites (tertiary alicyclic amines) is 2. The first-order chi connectivity index (χ1) is 16.7. The van der Waals surface area contributed by atoms with Gasteiger partial charge in [-0.25, -0.2) is 8.42 Å². The molecule has 0 aliphatic carbocycles. The molecule has 0 saturated carbocycles. The first kappa shape index (κ1) is 27.1. The zero-order valence-corrected chi connectivity index (χ0v) is 21.4. The Morgan fingerprint density at radius 1 is 1.14 bits per heavy atom. The van der Waals surface area contributed by atoms with Crippen molar-refractivity contribution in [2.24, 2.45) is 16.9 Å². The lowest BCUT2D eigenvalue weighted by atomic mass is 10.0. The van der Waals surface area contributed by atoms with Gasteiger partial charge in [-0.3, -0.25) is 9.59 Å². The Kier molecular flexibility index (Phi) is 9.64. The highest BCUT2D eigenvalue weighted by Gasteiger charge is 2.38. The minimum Gasteiger partial charge on any atom is -0.361 e. The molecule has 1 aromatic rings. The van der Waals surface area contributed by atoms with Gasteiger partial charge in [-0.05, 0) is 50.2 Å². The Morgan fingerprint density at radius 3 is 2.46 bits per heavy atom. The van der Waals surface area contributed by atoms with Crippen LogP contribution in [-0.2, 0) is 19.6 Å². The molecule has 0 bridgehead atoms. The monoisotopic (exact) mass is 506 g/mol. The lowest BCUT2D eigenvalue weighted by Gasteiger charge is -2.32. The standard InChI is InChI=1S/C24H38N6O4S/c1-18(2)15-21(28-35(33,34)20-7-4-3-5-8-20)24(32)30-12-6-9-22(30)23(31)16-26-19-10-13-29(14-11-19)17-27-25/h3-5,7-8,17-19,21-22,26,28H,6,9-16,25H2,1-2H3/t21-,22+/m1/s1. The van der Waals surface area contributed by atoms with Crippen molar-refractivity contribution in [1.29, 1.82) is 0 Å². The fourth-order valence-electron chi connectivity index (χ4n) is 4.77. The largest absolute Gasteiger partial charge is 0.361 e. The van der Waals surface area contributed by atoms with Crippen LogP contribution in [0.25, 0.3) is 0 Å². The van der Waals surface area contributed by atoms with E-state index in [0.717, 1.165) is 32.4 Å². The molecule has 2 atom stereocenters.